The summed E-state index contributed by atoms with van der Waals surface area (Å²) in [7, 11) is -9.33. The van der Waals surface area contributed by atoms with E-state index in [1.807, 2.05) is 0 Å². The third-order valence-electron chi connectivity index (χ3n) is 2.25. The average Bonchev–Trinajstić information content (AvgIpc) is 2.30. The van der Waals surface area contributed by atoms with Gasteiger partial charge in [-0.2, -0.15) is 4.31 Å². The van der Waals surface area contributed by atoms with Gasteiger partial charge in [0.25, 0.3) is 0 Å². The summed E-state index contributed by atoms with van der Waals surface area (Å²) in [6.45, 7) is 7.34. The summed E-state index contributed by atoms with van der Waals surface area (Å²) in [5.74, 6) is 0. The van der Waals surface area contributed by atoms with E-state index < -0.39 is 15.6 Å². The first-order chi connectivity index (χ1) is 9.68. The van der Waals surface area contributed by atoms with Crippen molar-refractivity contribution in [2.24, 2.45) is 0 Å². The molecule has 0 fully saturated rings. The number of hydrogen-bond donors (Lipinski definition) is 2. The van der Waals surface area contributed by atoms with Crippen LogP contribution >= 0.6 is 15.6 Å². The van der Waals surface area contributed by atoms with Gasteiger partial charge in [-0.25, -0.2) is 9.13 Å². The van der Waals surface area contributed by atoms with Crippen molar-refractivity contribution in [3.05, 3.63) is 24.5 Å². The van der Waals surface area contributed by atoms with Gasteiger partial charge in [-0.3, -0.25) is 4.52 Å². The zero-order valence-electron chi connectivity index (χ0n) is 12.4. The maximum Gasteiger partial charge on any atom is 0.538 e. The number of phosphoric ester groups is 1. The molecule has 0 bridgehead atoms. The summed E-state index contributed by atoms with van der Waals surface area (Å²) in [5, 5.41) is 0. The van der Waals surface area contributed by atoms with Crippen molar-refractivity contribution >= 4 is 15.6 Å². The second-order valence-electron chi connectivity index (χ2n) is 4.52. The first kappa shape index (κ1) is 20.6. The first-order valence-corrected chi connectivity index (χ1v) is 9.69. The summed E-state index contributed by atoms with van der Waals surface area (Å²) in [6, 6.07) is 0. The molecule has 0 heterocycles. The molecule has 1 atom stereocenters. The number of phosphoric acid groups is 2. The minimum Gasteiger partial charge on any atom is -0.412 e. The van der Waals surface area contributed by atoms with Crippen molar-refractivity contribution in [1.82, 2.24) is 0 Å². The number of allylic oxidation sites excluding steroid dienone is 2. The maximum atomic E-state index is 12.1. The van der Waals surface area contributed by atoms with E-state index in [1.165, 1.54) is 6.08 Å². The second kappa shape index (κ2) is 10.3. The van der Waals surface area contributed by atoms with E-state index in [9.17, 15) is 9.13 Å². The van der Waals surface area contributed by atoms with Crippen LogP contribution in [-0.2, 0) is 22.5 Å². The molecule has 0 saturated heterocycles. The maximum absolute atomic E-state index is 12.1. The molecule has 124 valence electrons. The Hall–Kier alpha value is -0.420. The quantitative estimate of drug-likeness (QED) is 0.236. The minimum absolute atomic E-state index is 0.0297. The SMILES string of the molecule is C=C(C)C=COP(=O)(OCCCCCCC)OP(=O)(O)O. The van der Waals surface area contributed by atoms with Gasteiger partial charge >= 0.3 is 15.6 Å². The molecule has 0 rings (SSSR count). The molecule has 0 amide bonds. The van der Waals surface area contributed by atoms with E-state index in [1.54, 1.807) is 6.92 Å². The lowest BCUT2D eigenvalue weighted by Gasteiger charge is -2.16. The van der Waals surface area contributed by atoms with Crippen LogP contribution in [0, 0.1) is 0 Å². The van der Waals surface area contributed by atoms with Gasteiger partial charge in [-0.05, 0) is 19.4 Å². The van der Waals surface area contributed by atoms with E-state index in [2.05, 4.69) is 17.8 Å². The van der Waals surface area contributed by atoms with Crippen molar-refractivity contribution in [2.75, 3.05) is 6.61 Å². The fourth-order valence-corrected chi connectivity index (χ4v) is 3.31. The highest BCUT2D eigenvalue weighted by atomic mass is 31.3. The number of hydrogen-bond acceptors (Lipinski definition) is 5. The highest BCUT2D eigenvalue weighted by Gasteiger charge is 2.36. The highest BCUT2D eigenvalue weighted by Crippen LogP contribution is 2.61. The lowest BCUT2D eigenvalue weighted by Crippen LogP contribution is -1.98. The molecule has 9 heteroatoms. The molecule has 0 saturated carbocycles. The van der Waals surface area contributed by atoms with Crippen LogP contribution in [0.15, 0.2) is 24.5 Å². The molecule has 0 aliphatic rings. The van der Waals surface area contributed by atoms with Crippen LogP contribution in [0.4, 0.5) is 0 Å². The largest absolute Gasteiger partial charge is 0.538 e. The summed E-state index contributed by atoms with van der Waals surface area (Å²) in [4.78, 5) is 17.5. The molecule has 1 unspecified atom stereocenters. The molecular formula is C12H24O7P2. The Morgan fingerprint density at radius 3 is 2.33 bits per heavy atom. The Labute approximate surface area is 125 Å². The summed E-state index contributed by atoms with van der Waals surface area (Å²) in [6.07, 6.45) is 7.02. The molecule has 2 N–H and O–H groups in total. The topological polar surface area (TPSA) is 102 Å². The van der Waals surface area contributed by atoms with Crippen molar-refractivity contribution < 1.29 is 32.3 Å². The molecule has 0 radical (unpaired) electrons. The Morgan fingerprint density at radius 2 is 1.81 bits per heavy atom. The van der Waals surface area contributed by atoms with Crippen LogP contribution < -0.4 is 0 Å². The second-order valence-corrected chi connectivity index (χ2v) is 7.52. The van der Waals surface area contributed by atoms with Crippen LogP contribution in [0.25, 0.3) is 0 Å². The molecular weight excluding hydrogens is 318 g/mol. The summed E-state index contributed by atoms with van der Waals surface area (Å²) in [5.41, 5.74) is 0.609. The Morgan fingerprint density at radius 1 is 1.19 bits per heavy atom. The number of unbranched alkanes of at least 4 members (excludes halogenated alkanes) is 4. The molecule has 0 aromatic heterocycles. The lowest BCUT2D eigenvalue weighted by atomic mass is 10.2. The van der Waals surface area contributed by atoms with E-state index in [-0.39, 0.29) is 6.61 Å². The van der Waals surface area contributed by atoms with Gasteiger partial charge in [-0.15, -0.1) is 0 Å². The summed E-state index contributed by atoms with van der Waals surface area (Å²) < 4.78 is 36.6. The van der Waals surface area contributed by atoms with Crippen molar-refractivity contribution in [3.63, 3.8) is 0 Å². The van der Waals surface area contributed by atoms with Crippen molar-refractivity contribution in [2.45, 2.75) is 46.0 Å². The zero-order chi connectivity index (χ0) is 16.4. The smallest absolute Gasteiger partial charge is 0.412 e. The Bertz CT molecular complexity index is 427. The molecule has 0 aliphatic heterocycles. The van der Waals surface area contributed by atoms with Gasteiger partial charge in [-0.1, -0.05) is 44.8 Å². The van der Waals surface area contributed by atoms with Crippen molar-refractivity contribution in [3.8, 4) is 0 Å². The Kier molecular flexibility index (Phi) is 10.1. The molecule has 7 nitrogen and oxygen atoms in total. The normalized spacial score (nSPS) is 15.0. The average molecular weight is 342 g/mol. The molecule has 0 aromatic carbocycles. The van der Waals surface area contributed by atoms with Gasteiger partial charge in [0.15, 0.2) is 0 Å². The minimum atomic E-state index is -4.99. The van der Waals surface area contributed by atoms with Gasteiger partial charge < -0.3 is 14.3 Å². The zero-order valence-corrected chi connectivity index (χ0v) is 14.2. The van der Waals surface area contributed by atoms with Crippen LogP contribution in [0.2, 0.25) is 0 Å². The van der Waals surface area contributed by atoms with E-state index in [4.69, 9.17) is 18.8 Å². The van der Waals surface area contributed by atoms with E-state index in [0.717, 1.165) is 31.9 Å². The van der Waals surface area contributed by atoms with Gasteiger partial charge in [0.05, 0.1) is 12.9 Å². The number of rotatable bonds is 12. The molecule has 0 aliphatic carbocycles. The predicted molar refractivity (Wildman–Crippen MR) is 80.5 cm³/mol. The molecule has 0 aromatic rings. The fourth-order valence-electron chi connectivity index (χ4n) is 1.31. The predicted octanol–water partition coefficient (Wildman–Crippen LogP) is 4.30. The lowest BCUT2D eigenvalue weighted by molar-refractivity contribution is 0.168. The van der Waals surface area contributed by atoms with Gasteiger partial charge in [0.2, 0.25) is 0 Å². The summed E-state index contributed by atoms with van der Waals surface area (Å²) >= 11 is 0. The van der Waals surface area contributed by atoms with Gasteiger partial charge in [0.1, 0.15) is 0 Å². The van der Waals surface area contributed by atoms with Crippen LogP contribution in [0.1, 0.15) is 46.0 Å². The van der Waals surface area contributed by atoms with Crippen LogP contribution in [-0.4, -0.2) is 16.4 Å². The fraction of sp³-hybridized carbons (Fsp3) is 0.667. The third-order valence-corrected chi connectivity index (χ3v) is 4.78. The monoisotopic (exact) mass is 342 g/mol. The third kappa shape index (κ3) is 13.0. The van der Waals surface area contributed by atoms with E-state index in [0.29, 0.717) is 12.0 Å². The van der Waals surface area contributed by atoms with E-state index >= 15 is 0 Å². The Balaban J connectivity index is 4.41. The van der Waals surface area contributed by atoms with Crippen LogP contribution in [0.5, 0.6) is 0 Å². The van der Waals surface area contributed by atoms with Gasteiger partial charge in [0, 0.05) is 0 Å². The standard InChI is InChI=1S/C12H24O7P2/c1-4-5-6-7-8-10-17-21(16,19-20(13,14)15)18-11-9-12(2)3/h9,11H,2,4-8,10H2,1,3H3,(H2,13,14,15). The molecule has 21 heavy (non-hydrogen) atoms. The van der Waals surface area contributed by atoms with Crippen LogP contribution in [0.3, 0.4) is 0 Å². The van der Waals surface area contributed by atoms with Crippen molar-refractivity contribution in [1.29, 1.82) is 0 Å². The highest BCUT2D eigenvalue weighted by molar-refractivity contribution is 7.61. The first-order valence-electron chi connectivity index (χ1n) is 6.70. The molecule has 0 spiro atoms.